The number of nitro benzene ring substituents is 1. The summed E-state index contributed by atoms with van der Waals surface area (Å²) in [5, 5.41) is 10.7. The first-order chi connectivity index (χ1) is 12.3. The van der Waals surface area contributed by atoms with E-state index in [1.165, 1.54) is 24.3 Å². The van der Waals surface area contributed by atoms with Crippen LogP contribution >= 0.6 is 0 Å². The number of nitro groups is 1. The molecule has 0 radical (unpaired) electrons. The Morgan fingerprint density at radius 2 is 1.77 bits per heavy atom. The summed E-state index contributed by atoms with van der Waals surface area (Å²) in [5.41, 5.74) is 3.74. The van der Waals surface area contributed by atoms with Gasteiger partial charge in [0.15, 0.2) is 6.61 Å². The van der Waals surface area contributed by atoms with E-state index in [0.29, 0.717) is 11.1 Å². The number of hydrogen-bond acceptors (Lipinski definition) is 5. The molecule has 134 valence electrons. The normalized spacial score (nSPS) is 10.7. The quantitative estimate of drug-likeness (QED) is 0.258. The number of carbonyl (C=O) groups is 2. The molecule has 0 bridgehead atoms. The summed E-state index contributed by atoms with van der Waals surface area (Å²) in [6, 6.07) is 9.67. The summed E-state index contributed by atoms with van der Waals surface area (Å²) in [4.78, 5) is 34.3. The molecule has 2 rings (SSSR count). The van der Waals surface area contributed by atoms with Crippen molar-refractivity contribution >= 4 is 23.5 Å². The van der Waals surface area contributed by atoms with Crippen molar-refractivity contribution in [2.75, 3.05) is 6.61 Å². The maximum Gasteiger partial charge on any atom is 0.331 e. The summed E-state index contributed by atoms with van der Waals surface area (Å²) in [6.07, 6.45) is 2.55. The van der Waals surface area contributed by atoms with Gasteiger partial charge in [0.25, 0.3) is 5.69 Å². The molecule has 2 aromatic carbocycles. The van der Waals surface area contributed by atoms with E-state index >= 15 is 0 Å². The van der Waals surface area contributed by atoms with E-state index in [4.69, 9.17) is 4.74 Å². The molecule has 2 aromatic rings. The van der Waals surface area contributed by atoms with Crippen molar-refractivity contribution in [3.8, 4) is 0 Å². The van der Waals surface area contributed by atoms with E-state index in [1.807, 2.05) is 32.9 Å². The molecule has 0 aromatic heterocycles. The van der Waals surface area contributed by atoms with Gasteiger partial charge in [-0.2, -0.15) is 0 Å². The van der Waals surface area contributed by atoms with Crippen LogP contribution in [-0.2, 0) is 9.53 Å². The Morgan fingerprint density at radius 3 is 2.38 bits per heavy atom. The van der Waals surface area contributed by atoms with Gasteiger partial charge in [0, 0.05) is 23.8 Å². The Balaban J connectivity index is 2.00. The lowest BCUT2D eigenvalue weighted by Gasteiger charge is -2.10. The fourth-order valence-corrected chi connectivity index (χ4v) is 2.78. The maximum atomic E-state index is 12.3. The average Bonchev–Trinajstić information content (AvgIpc) is 2.57. The van der Waals surface area contributed by atoms with Gasteiger partial charge in [-0.1, -0.05) is 29.8 Å². The van der Waals surface area contributed by atoms with Gasteiger partial charge < -0.3 is 4.74 Å². The predicted octanol–water partition coefficient (Wildman–Crippen LogP) is 3.96. The van der Waals surface area contributed by atoms with Crippen LogP contribution in [-0.4, -0.2) is 23.3 Å². The molecule has 6 nitrogen and oxygen atoms in total. The van der Waals surface area contributed by atoms with Gasteiger partial charge in [-0.3, -0.25) is 14.9 Å². The minimum Gasteiger partial charge on any atom is -0.454 e. The van der Waals surface area contributed by atoms with Gasteiger partial charge in [-0.15, -0.1) is 0 Å². The molecule has 0 saturated carbocycles. The topological polar surface area (TPSA) is 86.5 Å². The number of ether oxygens (including phenoxy) is 1. The van der Waals surface area contributed by atoms with Crippen molar-refractivity contribution in [1.29, 1.82) is 0 Å². The number of non-ortho nitro benzene ring substituents is 1. The summed E-state index contributed by atoms with van der Waals surface area (Å²) >= 11 is 0. The average molecular weight is 353 g/mol. The number of carbonyl (C=O) groups excluding carboxylic acids is 2. The molecule has 0 aliphatic rings. The van der Waals surface area contributed by atoms with Gasteiger partial charge in [-0.25, -0.2) is 4.79 Å². The van der Waals surface area contributed by atoms with Crippen molar-refractivity contribution in [3.05, 3.63) is 80.4 Å². The highest BCUT2D eigenvalue weighted by Crippen LogP contribution is 2.17. The molecule has 6 heteroatoms. The summed E-state index contributed by atoms with van der Waals surface area (Å²) < 4.78 is 4.99. The third kappa shape index (κ3) is 4.86. The highest BCUT2D eigenvalue weighted by atomic mass is 16.6. The Hall–Kier alpha value is -3.28. The molecule has 0 aliphatic carbocycles. The first-order valence-electron chi connectivity index (χ1n) is 7.98. The largest absolute Gasteiger partial charge is 0.454 e. The Kier molecular flexibility index (Phi) is 6.01. The van der Waals surface area contributed by atoms with Crippen LogP contribution in [0.2, 0.25) is 0 Å². The third-order valence-electron chi connectivity index (χ3n) is 3.79. The highest BCUT2D eigenvalue weighted by Gasteiger charge is 2.14. The highest BCUT2D eigenvalue weighted by molar-refractivity contribution is 6.01. The Labute approximate surface area is 151 Å². The second-order valence-electron chi connectivity index (χ2n) is 5.99. The number of Topliss-reactive ketones (excluding diaryl/α,β-unsaturated/α-hetero) is 1. The number of rotatable bonds is 6. The molecular weight excluding hydrogens is 334 g/mol. The van der Waals surface area contributed by atoms with Crippen molar-refractivity contribution in [2.45, 2.75) is 20.8 Å². The molecule has 0 unspecified atom stereocenters. The van der Waals surface area contributed by atoms with Gasteiger partial charge >= 0.3 is 5.97 Å². The van der Waals surface area contributed by atoms with Gasteiger partial charge in [-0.05, 0) is 43.5 Å². The SMILES string of the molecule is Cc1cc(C)c(C(=O)COC(=O)/C=C/c2cccc([N+](=O)[O-])c2)c(C)c1. The van der Waals surface area contributed by atoms with Crippen molar-refractivity contribution in [3.63, 3.8) is 0 Å². The number of ketones is 1. The van der Waals surface area contributed by atoms with E-state index in [2.05, 4.69) is 0 Å². The fourth-order valence-electron chi connectivity index (χ4n) is 2.78. The molecule has 0 amide bonds. The van der Waals surface area contributed by atoms with Crippen LogP contribution in [0, 0.1) is 30.9 Å². The molecular formula is C20H19NO5. The van der Waals surface area contributed by atoms with Crippen LogP contribution in [0.15, 0.2) is 42.5 Å². The van der Waals surface area contributed by atoms with Crippen LogP contribution in [0.3, 0.4) is 0 Å². The van der Waals surface area contributed by atoms with E-state index in [9.17, 15) is 19.7 Å². The number of esters is 1. The maximum absolute atomic E-state index is 12.3. The zero-order valence-corrected chi connectivity index (χ0v) is 14.8. The number of nitrogens with zero attached hydrogens (tertiary/aromatic N) is 1. The van der Waals surface area contributed by atoms with E-state index in [1.54, 1.807) is 6.07 Å². The lowest BCUT2D eigenvalue weighted by molar-refractivity contribution is -0.384. The second-order valence-corrected chi connectivity index (χ2v) is 5.99. The monoisotopic (exact) mass is 353 g/mol. The second kappa shape index (κ2) is 8.20. The van der Waals surface area contributed by atoms with Gasteiger partial charge in [0.1, 0.15) is 0 Å². The van der Waals surface area contributed by atoms with Crippen LogP contribution < -0.4 is 0 Å². The number of aryl methyl sites for hydroxylation is 3. The van der Waals surface area contributed by atoms with Crippen molar-refractivity contribution in [2.24, 2.45) is 0 Å². The first kappa shape index (κ1) is 19.1. The third-order valence-corrected chi connectivity index (χ3v) is 3.79. The lowest BCUT2D eigenvalue weighted by Crippen LogP contribution is -2.15. The summed E-state index contributed by atoms with van der Waals surface area (Å²) in [5.74, 6) is -0.954. The van der Waals surface area contributed by atoms with Crippen molar-refractivity contribution < 1.29 is 19.2 Å². The predicted molar refractivity (Wildman–Crippen MR) is 98.1 cm³/mol. The molecule has 0 fully saturated rings. The molecule has 0 spiro atoms. The zero-order valence-electron chi connectivity index (χ0n) is 14.8. The molecule has 0 saturated heterocycles. The summed E-state index contributed by atoms with van der Waals surface area (Å²) in [6.45, 7) is 5.28. The van der Waals surface area contributed by atoms with Crippen LogP contribution in [0.25, 0.3) is 6.08 Å². The standard InChI is InChI=1S/C20H19NO5/c1-13-9-14(2)20(15(3)10-13)18(22)12-26-19(23)8-7-16-5-4-6-17(11-16)21(24)25/h4-11H,12H2,1-3H3/b8-7+. The minimum absolute atomic E-state index is 0.0685. The Morgan fingerprint density at radius 1 is 1.12 bits per heavy atom. The van der Waals surface area contributed by atoms with E-state index < -0.39 is 10.9 Å². The van der Waals surface area contributed by atoms with Crippen molar-refractivity contribution in [1.82, 2.24) is 0 Å². The molecule has 0 atom stereocenters. The Bertz CT molecular complexity index is 876. The summed E-state index contributed by atoms with van der Waals surface area (Å²) in [7, 11) is 0. The molecule has 26 heavy (non-hydrogen) atoms. The van der Waals surface area contributed by atoms with Gasteiger partial charge in [0.05, 0.1) is 4.92 Å². The fraction of sp³-hybridized carbons (Fsp3) is 0.200. The lowest BCUT2D eigenvalue weighted by atomic mass is 9.97. The minimum atomic E-state index is -0.688. The zero-order chi connectivity index (χ0) is 19.3. The first-order valence-corrected chi connectivity index (χ1v) is 7.98. The van der Waals surface area contributed by atoms with Crippen LogP contribution in [0.5, 0.6) is 0 Å². The number of benzene rings is 2. The smallest absolute Gasteiger partial charge is 0.331 e. The van der Waals surface area contributed by atoms with E-state index in [0.717, 1.165) is 22.8 Å². The van der Waals surface area contributed by atoms with Crippen LogP contribution in [0.1, 0.15) is 32.6 Å². The molecule has 0 heterocycles. The van der Waals surface area contributed by atoms with Crippen LogP contribution in [0.4, 0.5) is 5.69 Å². The van der Waals surface area contributed by atoms with Gasteiger partial charge in [0.2, 0.25) is 5.78 Å². The number of hydrogen-bond donors (Lipinski definition) is 0. The molecule has 0 N–H and O–H groups in total. The van der Waals surface area contributed by atoms with E-state index in [-0.39, 0.29) is 18.1 Å². The molecule has 0 aliphatic heterocycles.